The van der Waals surface area contributed by atoms with Crippen LogP contribution in [0.2, 0.25) is 0 Å². The van der Waals surface area contributed by atoms with Crippen molar-refractivity contribution in [2.24, 2.45) is 17.8 Å². The number of hydrogen-bond donors (Lipinski definition) is 1. The monoisotopic (exact) mass is 289 g/mol. The fourth-order valence-electron chi connectivity index (χ4n) is 2.94. The number of likely N-dealkylation sites (tertiary alicyclic amines) is 1. The standard InChI is InChI=1S/C17H23NO3/c1-11-4-6-14(7-5-11)8-12(2)16(19)18-9-13(3)15(10-18)17(20)21/h4-7,12-13,15H,8-10H2,1-3H3,(H,20,21)/t12?,13-,15-/m1/s1. The molecule has 0 aromatic heterocycles. The van der Waals surface area contributed by atoms with Crippen molar-refractivity contribution in [3.05, 3.63) is 35.4 Å². The summed E-state index contributed by atoms with van der Waals surface area (Å²) in [5, 5.41) is 9.15. The Labute approximate surface area is 125 Å². The lowest BCUT2D eigenvalue weighted by Gasteiger charge is -2.21. The molecule has 1 unspecified atom stereocenters. The van der Waals surface area contributed by atoms with Gasteiger partial charge in [-0.15, -0.1) is 0 Å². The molecule has 1 fully saturated rings. The molecule has 114 valence electrons. The van der Waals surface area contributed by atoms with E-state index in [1.165, 1.54) is 5.56 Å². The summed E-state index contributed by atoms with van der Waals surface area (Å²) >= 11 is 0. The Morgan fingerprint density at radius 1 is 1.29 bits per heavy atom. The maximum Gasteiger partial charge on any atom is 0.308 e. The van der Waals surface area contributed by atoms with Crippen LogP contribution in [0.5, 0.6) is 0 Å². The minimum Gasteiger partial charge on any atom is -0.481 e. The molecular weight excluding hydrogens is 266 g/mol. The molecule has 1 amide bonds. The first-order chi connectivity index (χ1) is 9.88. The van der Waals surface area contributed by atoms with Gasteiger partial charge in [0.1, 0.15) is 0 Å². The zero-order valence-electron chi connectivity index (χ0n) is 12.9. The van der Waals surface area contributed by atoms with Crippen molar-refractivity contribution < 1.29 is 14.7 Å². The summed E-state index contributed by atoms with van der Waals surface area (Å²) in [6.07, 6.45) is 0.696. The Bertz CT molecular complexity index is 523. The van der Waals surface area contributed by atoms with E-state index < -0.39 is 11.9 Å². The van der Waals surface area contributed by atoms with Crippen LogP contribution in [0.25, 0.3) is 0 Å². The molecule has 1 N–H and O–H groups in total. The number of amides is 1. The number of aliphatic carboxylic acids is 1. The normalized spacial score (nSPS) is 23.1. The largest absolute Gasteiger partial charge is 0.481 e. The lowest BCUT2D eigenvalue weighted by atomic mass is 9.99. The number of aryl methyl sites for hydroxylation is 1. The van der Waals surface area contributed by atoms with Crippen molar-refractivity contribution in [1.82, 2.24) is 4.90 Å². The van der Waals surface area contributed by atoms with E-state index in [4.69, 9.17) is 5.11 Å². The van der Waals surface area contributed by atoms with Crippen molar-refractivity contribution in [2.75, 3.05) is 13.1 Å². The molecule has 1 heterocycles. The second-order valence-electron chi connectivity index (χ2n) is 6.26. The van der Waals surface area contributed by atoms with Crippen LogP contribution in [-0.4, -0.2) is 35.0 Å². The van der Waals surface area contributed by atoms with Gasteiger partial charge in [-0.05, 0) is 24.8 Å². The van der Waals surface area contributed by atoms with Crippen LogP contribution in [0.3, 0.4) is 0 Å². The molecule has 21 heavy (non-hydrogen) atoms. The van der Waals surface area contributed by atoms with Gasteiger partial charge in [-0.1, -0.05) is 43.7 Å². The maximum absolute atomic E-state index is 12.5. The topological polar surface area (TPSA) is 57.6 Å². The highest BCUT2D eigenvalue weighted by atomic mass is 16.4. The number of carbonyl (C=O) groups is 2. The lowest BCUT2D eigenvalue weighted by molar-refractivity contribution is -0.142. The van der Waals surface area contributed by atoms with E-state index in [1.807, 2.05) is 45.0 Å². The molecule has 1 saturated heterocycles. The van der Waals surface area contributed by atoms with Crippen LogP contribution in [0.4, 0.5) is 0 Å². The van der Waals surface area contributed by atoms with Gasteiger partial charge in [0.2, 0.25) is 5.91 Å². The molecule has 0 saturated carbocycles. The van der Waals surface area contributed by atoms with Gasteiger partial charge in [0.25, 0.3) is 0 Å². The molecule has 1 aromatic rings. The van der Waals surface area contributed by atoms with Gasteiger partial charge < -0.3 is 10.0 Å². The molecular formula is C17H23NO3. The van der Waals surface area contributed by atoms with Crippen LogP contribution in [0.1, 0.15) is 25.0 Å². The summed E-state index contributed by atoms with van der Waals surface area (Å²) in [5.41, 5.74) is 2.35. The second-order valence-corrected chi connectivity index (χ2v) is 6.26. The van der Waals surface area contributed by atoms with Gasteiger partial charge in [-0.2, -0.15) is 0 Å². The van der Waals surface area contributed by atoms with Crippen LogP contribution in [0.15, 0.2) is 24.3 Å². The van der Waals surface area contributed by atoms with E-state index >= 15 is 0 Å². The van der Waals surface area contributed by atoms with E-state index in [0.717, 1.165) is 5.56 Å². The molecule has 1 aliphatic heterocycles. The number of rotatable bonds is 4. The summed E-state index contributed by atoms with van der Waals surface area (Å²) < 4.78 is 0. The maximum atomic E-state index is 12.5. The van der Waals surface area contributed by atoms with Gasteiger partial charge in [0.15, 0.2) is 0 Å². The Morgan fingerprint density at radius 3 is 2.43 bits per heavy atom. The van der Waals surface area contributed by atoms with E-state index in [-0.39, 0.29) is 17.7 Å². The van der Waals surface area contributed by atoms with Gasteiger partial charge >= 0.3 is 5.97 Å². The van der Waals surface area contributed by atoms with Crippen molar-refractivity contribution in [1.29, 1.82) is 0 Å². The van der Waals surface area contributed by atoms with Crippen LogP contribution in [-0.2, 0) is 16.0 Å². The molecule has 3 atom stereocenters. The molecule has 1 aromatic carbocycles. The van der Waals surface area contributed by atoms with E-state index in [0.29, 0.717) is 19.5 Å². The highest BCUT2D eigenvalue weighted by Gasteiger charge is 2.37. The Hall–Kier alpha value is -1.84. The molecule has 1 aliphatic rings. The summed E-state index contributed by atoms with van der Waals surface area (Å²) in [6.45, 7) is 6.75. The third kappa shape index (κ3) is 3.63. The van der Waals surface area contributed by atoms with Crippen molar-refractivity contribution in [3.8, 4) is 0 Å². The third-order valence-corrected chi connectivity index (χ3v) is 4.33. The van der Waals surface area contributed by atoms with Crippen molar-refractivity contribution >= 4 is 11.9 Å². The van der Waals surface area contributed by atoms with E-state index in [2.05, 4.69) is 0 Å². The Balaban J connectivity index is 1.97. The first kappa shape index (κ1) is 15.5. The van der Waals surface area contributed by atoms with Crippen molar-refractivity contribution in [2.45, 2.75) is 27.2 Å². The van der Waals surface area contributed by atoms with Crippen LogP contribution >= 0.6 is 0 Å². The highest BCUT2D eigenvalue weighted by Crippen LogP contribution is 2.25. The smallest absolute Gasteiger partial charge is 0.308 e. The highest BCUT2D eigenvalue weighted by molar-refractivity contribution is 5.81. The first-order valence-electron chi connectivity index (χ1n) is 7.45. The zero-order chi connectivity index (χ0) is 15.6. The average molecular weight is 289 g/mol. The first-order valence-corrected chi connectivity index (χ1v) is 7.45. The number of carboxylic acid groups (broad SMARTS) is 1. The molecule has 4 nitrogen and oxygen atoms in total. The summed E-state index contributed by atoms with van der Waals surface area (Å²) in [4.78, 5) is 25.3. The SMILES string of the molecule is Cc1ccc(CC(C)C(=O)N2C[C@@H](C)[C@H](C(=O)O)C2)cc1. The van der Waals surface area contributed by atoms with Crippen LogP contribution < -0.4 is 0 Å². The number of nitrogens with zero attached hydrogens (tertiary/aromatic N) is 1. The average Bonchev–Trinajstić information content (AvgIpc) is 2.82. The summed E-state index contributed by atoms with van der Waals surface area (Å²) in [5.74, 6) is -1.26. The summed E-state index contributed by atoms with van der Waals surface area (Å²) in [6, 6.07) is 8.19. The third-order valence-electron chi connectivity index (χ3n) is 4.33. The molecule has 4 heteroatoms. The fourth-order valence-corrected chi connectivity index (χ4v) is 2.94. The Kier molecular flexibility index (Phi) is 4.66. The fraction of sp³-hybridized carbons (Fsp3) is 0.529. The minimum absolute atomic E-state index is 0.0259. The van der Waals surface area contributed by atoms with Gasteiger partial charge in [-0.25, -0.2) is 0 Å². The number of carboxylic acids is 1. The lowest BCUT2D eigenvalue weighted by Crippen LogP contribution is -2.35. The molecule has 2 rings (SSSR count). The Morgan fingerprint density at radius 2 is 1.90 bits per heavy atom. The van der Waals surface area contributed by atoms with E-state index in [9.17, 15) is 9.59 Å². The second kappa shape index (κ2) is 6.29. The minimum atomic E-state index is -0.802. The van der Waals surface area contributed by atoms with Gasteiger partial charge in [0.05, 0.1) is 5.92 Å². The predicted octanol–water partition coefficient (Wildman–Crippen LogP) is 2.35. The number of hydrogen-bond acceptors (Lipinski definition) is 2. The number of carbonyl (C=O) groups excluding carboxylic acids is 1. The predicted molar refractivity (Wildman–Crippen MR) is 80.9 cm³/mol. The van der Waals surface area contributed by atoms with Crippen LogP contribution in [0, 0.1) is 24.7 Å². The quantitative estimate of drug-likeness (QED) is 0.925. The molecule has 0 bridgehead atoms. The van der Waals surface area contributed by atoms with Gasteiger partial charge in [0, 0.05) is 19.0 Å². The van der Waals surface area contributed by atoms with Gasteiger partial charge in [-0.3, -0.25) is 9.59 Å². The number of benzene rings is 1. The molecule has 0 spiro atoms. The zero-order valence-corrected chi connectivity index (χ0v) is 12.9. The van der Waals surface area contributed by atoms with Crippen molar-refractivity contribution in [3.63, 3.8) is 0 Å². The molecule has 0 radical (unpaired) electrons. The molecule has 0 aliphatic carbocycles. The van der Waals surface area contributed by atoms with E-state index in [1.54, 1.807) is 4.90 Å². The summed E-state index contributed by atoms with van der Waals surface area (Å²) in [7, 11) is 0.